The van der Waals surface area contributed by atoms with Crippen LogP contribution in [0.5, 0.6) is 0 Å². The number of amides is 2. The molecule has 0 aromatic rings. The van der Waals surface area contributed by atoms with Gasteiger partial charge in [-0.05, 0) is 12.8 Å². The molecule has 0 aliphatic rings. The van der Waals surface area contributed by atoms with E-state index in [1.54, 1.807) is 0 Å². The molecule has 0 unspecified atom stereocenters. The summed E-state index contributed by atoms with van der Waals surface area (Å²) in [5.74, 6) is -1.43. The van der Waals surface area contributed by atoms with Crippen LogP contribution < -0.4 is 5.73 Å². The highest BCUT2D eigenvalue weighted by atomic mass is 16.2. The molecular formula is C8H16N2O2. The zero-order valence-electron chi connectivity index (χ0n) is 7.67. The fraction of sp³-hybridized carbons (Fsp3) is 0.750. The molecule has 4 heteroatoms. The summed E-state index contributed by atoms with van der Waals surface area (Å²) in [6.07, 6.45) is 1.69. The second-order valence-electron chi connectivity index (χ2n) is 2.66. The molecule has 0 aliphatic carbocycles. The SMILES string of the molecule is CCCN(CCC)C(=O)C(N)=O. The zero-order valence-corrected chi connectivity index (χ0v) is 7.67. The van der Waals surface area contributed by atoms with Gasteiger partial charge in [-0.15, -0.1) is 0 Å². The Bertz CT molecular complexity index is 162. The van der Waals surface area contributed by atoms with Gasteiger partial charge in [-0.1, -0.05) is 13.8 Å². The molecule has 0 saturated carbocycles. The summed E-state index contributed by atoms with van der Waals surface area (Å²) in [5.41, 5.74) is 4.87. The maximum absolute atomic E-state index is 11.1. The van der Waals surface area contributed by atoms with Crippen molar-refractivity contribution in [2.24, 2.45) is 5.73 Å². The van der Waals surface area contributed by atoms with Gasteiger partial charge < -0.3 is 10.6 Å². The Morgan fingerprint density at radius 2 is 1.58 bits per heavy atom. The van der Waals surface area contributed by atoms with E-state index in [-0.39, 0.29) is 0 Å². The summed E-state index contributed by atoms with van der Waals surface area (Å²) in [5, 5.41) is 0. The average molecular weight is 172 g/mol. The number of rotatable bonds is 4. The topological polar surface area (TPSA) is 63.4 Å². The lowest BCUT2D eigenvalue weighted by molar-refractivity contribution is -0.144. The molecule has 0 bridgehead atoms. The first kappa shape index (κ1) is 10.9. The van der Waals surface area contributed by atoms with Gasteiger partial charge in [-0.2, -0.15) is 0 Å². The van der Waals surface area contributed by atoms with Gasteiger partial charge in [0, 0.05) is 13.1 Å². The van der Waals surface area contributed by atoms with Crippen molar-refractivity contribution >= 4 is 11.8 Å². The van der Waals surface area contributed by atoms with E-state index in [2.05, 4.69) is 0 Å². The summed E-state index contributed by atoms with van der Waals surface area (Å²) in [4.78, 5) is 23.1. The Morgan fingerprint density at radius 3 is 1.83 bits per heavy atom. The minimum Gasteiger partial charge on any atom is -0.361 e. The number of primary amides is 1. The fourth-order valence-electron chi connectivity index (χ4n) is 1.01. The van der Waals surface area contributed by atoms with Crippen LogP contribution in [0.2, 0.25) is 0 Å². The quantitative estimate of drug-likeness (QED) is 0.612. The standard InChI is InChI=1S/C8H16N2O2/c1-3-5-10(6-4-2)8(12)7(9)11/h3-6H2,1-2H3,(H2,9,11). The molecule has 0 fully saturated rings. The van der Waals surface area contributed by atoms with Crippen LogP contribution in [0.25, 0.3) is 0 Å². The number of nitrogens with zero attached hydrogens (tertiary/aromatic N) is 1. The van der Waals surface area contributed by atoms with E-state index >= 15 is 0 Å². The van der Waals surface area contributed by atoms with E-state index in [9.17, 15) is 9.59 Å². The van der Waals surface area contributed by atoms with Gasteiger partial charge in [0.15, 0.2) is 0 Å². The fourth-order valence-corrected chi connectivity index (χ4v) is 1.01. The highest BCUT2D eigenvalue weighted by molar-refractivity contribution is 6.34. The van der Waals surface area contributed by atoms with Crippen LogP contribution in [0, 0.1) is 0 Å². The van der Waals surface area contributed by atoms with Gasteiger partial charge >= 0.3 is 11.8 Å². The third-order valence-corrected chi connectivity index (χ3v) is 1.49. The molecule has 0 saturated heterocycles. The van der Waals surface area contributed by atoms with Crippen molar-refractivity contribution in [1.82, 2.24) is 4.90 Å². The van der Waals surface area contributed by atoms with E-state index in [0.29, 0.717) is 13.1 Å². The Labute approximate surface area is 72.7 Å². The zero-order chi connectivity index (χ0) is 9.56. The number of hydrogen-bond acceptors (Lipinski definition) is 2. The van der Waals surface area contributed by atoms with Crippen LogP contribution in [0.4, 0.5) is 0 Å². The molecule has 2 N–H and O–H groups in total. The molecule has 4 nitrogen and oxygen atoms in total. The number of nitrogens with two attached hydrogens (primary N) is 1. The lowest BCUT2D eigenvalue weighted by Crippen LogP contribution is -2.41. The van der Waals surface area contributed by atoms with E-state index < -0.39 is 11.8 Å². The molecule has 0 aromatic carbocycles. The second kappa shape index (κ2) is 5.57. The third kappa shape index (κ3) is 3.37. The molecular weight excluding hydrogens is 156 g/mol. The molecule has 0 heterocycles. The minimum absolute atomic E-state index is 0.571. The summed E-state index contributed by atoms with van der Waals surface area (Å²) in [6, 6.07) is 0. The number of carbonyl (C=O) groups is 2. The van der Waals surface area contributed by atoms with Gasteiger partial charge in [0.05, 0.1) is 0 Å². The smallest absolute Gasteiger partial charge is 0.311 e. The predicted molar refractivity (Wildman–Crippen MR) is 46.4 cm³/mol. The molecule has 0 spiro atoms. The van der Waals surface area contributed by atoms with Gasteiger partial charge in [0.2, 0.25) is 0 Å². The van der Waals surface area contributed by atoms with Crippen LogP contribution in [0.3, 0.4) is 0 Å². The molecule has 0 atom stereocenters. The molecule has 0 rings (SSSR count). The first-order valence-electron chi connectivity index (χ1n) is 4.22. The van der Waals surface area contributed by atoms with Crippen LogP contribution in [0.15, 0.2) is 0 Å². The lowest BCUT2D eigenvalue weighted by atomic mass is 10.3. The van der Waals surface area contributed by atoms with Gasteiger partial charge in [0.1, 0.15) is 0 Å². The van der Waals surface area contributed by atoms with Crippen molar-refractivity contribution in [1.29, 1.82) is 0 Å². The van der Waals surface area contributed by atoms with Crippen molar-refractivity contribution in [3.05, 3.63) is 0 Å². The third-order valence-electron chi connectivity index (χ3n) is 1.49. The van der Waals surface area contributed by atoms with Crippen LogP contribution in [-0.4, -0.2) is 29.8 Å². The van der Waals surface area contributed by atoms with Crippen molar-refractivity contribution in [3.8, 4) is 0 Å². The van der Waals surface area contributed by atoms with E-state index in [1.165, 1.54) is 4.90 Å². The predicted octanol–water partition coefficient (Wildman–Crippen LogP) is 0.120. The van der Waals surface area contributed by atoms with Crippen molar-refractivity contribution in [3.63, 3.8) is 0 Å². The maximum atomic E-state index is 11.1. The molecule has 70 valence electrons. The van der Waals surface area contributed by atoms with Crippen molar-refractivity contribution in [2.75, 3.05) is 13.1 Å². The molecule has 12 heavy (non-hydrogen) atoms. The summed E-state index contributed by atoms with van der Waals surface area (Å²) >= 11 is 0. The molecule has 2 amide bonds. The number of carbonyl (C=O) groups excluding carboxylic acids is 2. The van der Waals surface area contributed by atoms with Crippen LogP contribution in [0.1, 0.15) is 26.7 Å². The largest absolute Gasteiger partial charge is 0.361 e. The summed E-state index contributed by atoms with van der Waals surface area (Å²) in [7, 11) is 0. The van der Waals surface area contributed by atoms with Crippen LogP contribution in [-0.2, 0) is 9.59 Å². The normalized spacial score (nSPS) is 9.50. The van der Waals surface area contributed by atoms with E-state index in [1.807, 2.05) is 13.8 Å². The Morgan fingerprint density at radius 1 is 1.17 bits per heavy atom. The Kier molecular flexibility index (Phi) is 5.08. The summed E-state index contributed by atoms with van der Waals surface area (Å²) < 4.78 is 0. The lowest BCUT2D eigenvalue weighted by Gasteiger charge is -2.18. The van der Waals surface area contributed by atoms with E-state index in [4.69, 9.17) is 5.73 Å². The highest BCUT2D eigenvalue weighted by Gasteiger charge is 2.16. The Balaban J connectivity index is 4.08. The van der Waals surface area contributed by atoms with Crippen molar-refractivity contribution in [2.45, 2.75) is 26.7 Å². The Hall–Kier alpha value is -1.06. The monoisotopic (exact) mass is 172 g/mol. The van der Waals surface area contributed by atoms with Crippen molar-refractivity contribution < 1.29 is 9.59 Å². The van der Waals surface area contributed by atoms with Gasteiger partial charge in [-0.3, -0.25) is 9.59 Å². The second-order valence-corrected chi connectivity index (χ2v) is 2.66. The average Bonchev–Trinajstić information content (AvgIpc) is 2.03. The summed E-state index contributed by atoms with van der Waals surface area (Å²) in [6.45, 7) is 5.12. The van der Waals surface area contributed by atoms with Gasteiger partial charge in [0.25, 0.3) is 0 Å². The minimum atomic E-state index is -0.864. The maximum Gasteiger partial charge on any atom is 0.311 e. The molecule has 0 aromatic heterocycles. The van der Waals surface area contributed by atoms with E-state index in [0.717, 1.165) is 12.8 Å². The molecule has 0 aliphatic heterocycles. The number of hydrogen-bond donors (Lipinski definition) is 1. The highest BCUT2D eigenvalue weighted by Crippen LogP contribution is 1.94. The first-order chi connectivity index (χ1) is 5.63. The molecule has 0 radical (unpaired) electrons. The first-order valence-corrected chi connectivity index (χ1v) is 4.22. The van der Waals surface area contributed by atoms with Gasteiger partial charge in [-0.25, -0.2) is 0 Å². The van der Waals surface area contributed by atoms with Crippen LogP contribution >= 0.6 is 0 Å².